The van der Waals surface area contributed by atoms with Gasteiger partial charge in [0.1, 0.15) is 11.8 Å². The number of imidazole rings is 1. The van der Waals surface area contributed by atoms with Gasteiger partial charge >= 0.3 is 5.97 Å². The normalized spacial score (nSPS) is 19.2. The molecule has 1 saturated heterocycles. The summed E-state index contributed by atoms with van der Waals surface area (Å²) in [5.41, 5.74) is 1.13. The standard InChI is InChI=1S/C18H18N4O4/c1-21-11-20-7-15(21)13-8-22(9-14(13)18(24)25)17(23)10-26-16-5-3-2-4-12(16)6-19/h2-5,7,11,13-14H,8-10H2,1H3,(H,24,25)/t13-,14-/m1/s1. The second-order valence-electron chi connectivity index (χ2n) is 6.18. The third-order valence-corrected chi connectivity index (χ3v) is 4.58. The first-order chi connectivity index (χ1) is 12.5. The fraction of sp³-hybridized carbons (Fsp3) is 0.333. The van der Waals surface area contributed by atoms with Gasteiger partial charge in [-0.25, -0.2) is 4.98 Å². The third-order valence-electron chi connectivity index (χ3n) is 4.58. The molecule has 2 aromatic rings. The van der Waals surface area contributed by atoms with Crippen LogP contribution in [0, 0.1) is 17.2 Å². The van der Waals surface area contributed by atoms with Crippen LogP contribution in [0.1, 0.15) is 17.2 Å². The number of hydrogen-bond acceptors (Lipinski definition) is 5. The molecular formula is C18H18N4O4. The molecule has 134 valence electrons. The molecule has 3 rings (SSSR count). The number of nitrogens with zero attached hydrogens (tertiary/aromatic N) is 4. The van der Waals surface area contributed by atoms with Crippen LogP contribution in [0.5, 0.6) is 5.75 Å². The van der Waals surface area contributed by atoms with E-state index in [9.17, 15) is 14.7 Å². The molecule has 0 saturated carbocycles. The van der Waals surface area contributed by atoms with E-state index in [2.05, 4.69) is 4.98 Å². The van der Waals surface area contributed by atoms with Crippen molar-refractivity contribution in [2.45, 2.75) is 5.92 Å². The number of rotatable bonds is 5. The number of para-hydroxylation sites is 1. The molecule has 0 unspecified atom stereocenters. The number of carboxylic acid groups (broad SMARTS) is 1. The maximum atomic E-state index is 12.5. The molecule has 1 aliphatic heterocycles. The number of aliphatic carboxylic acids is 1. The molecule has 8 heteroatoms. The quantitative estimate of drug-likeness (QED) is 0.858. The average Bonchev–Trinajstić information content (AvgIpc) is 3.25. The van der Waals surface area contributed by atoms with Crippen molar-refractivity contribution >= 4 is 11.9 Å². The molecule has 1 N–H and O–H groups in total. The van der Waals surface area contributed by atoms with E-state index in [0.717, 1.165) is 5.69 Å². The van der Waals surface area contributed by atoms with E-state index < -0.39 is 11.9 Å². The molecule has 8 nitrogen and oxygen atoms in total. The number of carboxylic acids is 1. The Morgan fingerprint density at radius 2 is 2.15 bits per heavy atom. The number of ether oxygens (including phenoxy) is 1. The first-order valence-corrected chi connectivity index (χ1v) is 8.10. The Labute approximate surface area is 150 Å². The zero-order chi connectivity index (χ0) is 18.7. The zero-order valence-electron chi connectivity index (χ0n) is 14.2. The highest BCUT2D eigenvalue weighted by Crippen LogP contribution is 2.32. The van der Waals surface area contributed by atoms with Crippen molar-refractivity contribution in [1.82, 2.24) is 14.5 Å². The average molecular weight is 354 g/mol. The van der Waals surface area contributed by atoms with Gasteiger partial charge in [-0.05, 0) is 12.1 Å². The van der Waals surface area contributed by atoms with Crippen LogP contribution in [0.15, 0.2) is 36.8 Å². The summed E-state index contributed by atoms with van der Waals surface area (Å²) < 4.78 is 7.24. The lowest BCUT2D eigenvalue weighted by molar-refractivity contribution is -0.142. The summed E-state index contributed by atoms with van der Waals surface area (Å²) in [6.07, 6.45) is 3.24. The molecule has 1 amide bonds. The minimum Gasteiger partial charge on any atom is -0.482 e. The number of amides is 1. The number of carbonyl (C=O) groups is 2. The lowest BCUT2D eigenvalue weighted by Crippen LogP contribution is -2.34. The van der Waals surface area contributed by atoms with Crippen molar-refractivity contribution in [3.05, 3.63) is 48.0 Å². The van der Waals surface area contributed by atoms with Crippen molar-refractivity contribution in [3.63, 3.8) is 0 Å². The Morgan fingerprint density at radius 1 is 1.38 bits per heavy atom. The summed E-state index contributed by atoms with van der Waals surface area (Å²) in [6, 6.07) is 8.66. The van der Waals surface area contributed by atoms with Gasteiger partial charge in [-0.15, -0.1) is 0 Å². The minimum atomic E-state index is -0.942. The summed E-state index contributed by atoms with van der Waals surface area (Å²) in [7, 11) is 1.80. The molecule has 1 fully saturated rings. The topological polar surface area (TPSA) is 108 Å². The molecule has 1 aromatic heterocycles. The van der Waals surface area contributed by atoms with E-state index in [0.29, 0.717) is 17.9 Å². The number of aryl methyl sites for hydroxylation is 1. The predicted molar refractivity (Wildman–Crippen MR) is 90.3 cm³/mol. The van der Waals surface area contributed by atoms with E-state index >= 15 is 0 Å². The van der Waals surface area contributed by atoms with Gasteiger partial charge in [0, 0.05) is 37.9 Å². The Balaban J connectivity index is 1.70. The van der Waals surface area contributed by atoms with E-state index in [1.54, 1.807) is 48.4 Å². The van der Waals surface area contributed by atoms with Crippen LogP contribution in [-0.2, 0) is 16.6 Å². The summed E-state index contributed by atoms with van der Waals surface area (Å²) >= 11 is 0. The Bertz CT molecular complexity index is 870. The number of carbonyl (C=O) groups excluding carboxylic acids is 1. The van der Waals surface area contributed by atoms with Crippen LogP contribution in [0.25, 0.3) is 0 Å². The van der Waals surface area contributed by atoms with Gasteiger partial charge in [-0.1, -0.05) is 12.1 Å². The number of hydrogen-bond donors (Lipinski definition) is 1. The van der Waals surface area contributed by atoms with Gasteiger partial charge in [0.25, 0.3) is 5.91 Å². The lowest BCUT2D eigenvalue weighted by atomic mass is 9.93. The van der Waals surface area contributed by atoms with E-state index in [4.69, 9.17) is 10.00 Å². The molecule has 0 spiro atoms. The van der Waals surface area contributed by atoms with Gasteiger partial charge in [-0.3, -0.25) is 9.59 Å². The monoisotopic (exact) mass is 354 g/mol. The van der Waals surface area contributed by atoms with Gasteiger partial charge in [0.05, 0.1) is 17.8 Å². The van der Waals surface area contributed by atoms with E-state index in [-0.39, 0.29) is 25.0 Å². The Morgan fingerprint density at radius 3 is 2.81 bits per heavy atom. The van der Waals surface area contributed by atoms with Crippen LogP contribution in [-0.4, -0.2) is 51.1 Å². The van der Waals surface area contributed by atoms with Crippen LogP contribution in [0.2, 0.25) is 0 Å². The van der Waals surface area contributed by atoms with Gasteiger partial charge in [0.2, 0.25) is 0 Å². The van der Waals surface area contributed by atoms with Gasteiger partial charge < -0.3 is 19.3 Å². The molecular weight excluding hydrogens is 336 g/mol. The summed E-state index contributed by atoms with van der Waals surface area (Å²) in [5, 5.41) is 18.6. The SMILES string of the molecule is Cn1cncc1[C@@H]1CN(C(=O)COc2ccccc2C#N)C[C@H]1C(=O)O. The van der Waals surface area contributed by atoms with E-state index in [1.165, 1.54) is 4.90 Å². The molecule has 0 radical (unpaired) electrons. The highest BCUT2D eigenvalue weighted by Gasteiger charge is 2.41. The maximum Gasteiger partial charge on any atom is 0.309 e. The highest BCUT2D eigenvalue weighted by atomic mass is 16.5. The molecule has 0 aliphatic carbocycles. The predicted octanol–water partition coefficient (Wildman–Crippen LogP) is 0.997. The van der Waals surface area contributed by atoms with Crippen molar-refractivity contribution in [3.8, 4) is 11.8 Å². The summed E-state index contributed by atoms with van der Waals surface area (Å²) in [4.78, 5) is 29.6. The second kappa shape index (κ2) is 7.27. The smallest absolute Gasteiger partial charge is 0.309 e. The summed E-state index contributed by atoms with van der Waals surface area (Å²) in [6.45, 7) is 0.162. The second-order valence-corrected chi connectivity index (χ2v) is 6.18. The number of likely N-dealkylation sites (tertiary alicyclic amines) is 1. The van der Waals surface area contributed by atoms with Crippen molar-refractivity contribution in [1.29, 1.82) is 5.26 Å². The molecule has 1 aliphatic rings. The Hall–Kier alpha value is -3.34. The van der Waals surface area contributed by atoms with Crippen LogP contribution in [0.3, 0.4) is 0 Å². The van der Waals surface area contributed by atoms with Crippen molar-refractivity contribution in [2.24, 2.45) is 13.0 Å². The molecule has 1 aromatic carbocycles. The van der Waals surface area contributed by atoms with Crippen molar-refractivity contribution < 1.29 is 19.4 Å². The molecule has 26 heavy (non-hydrogen) atoms. The number of aromatic nitrogens is 2. The number of nitriles is 1. The van der Waals surface area contributed by atoms with Crippen LogP contribution in [0.4, 0.5) is 0 Å². The first-order valence-electron chi connectivity index (χ1n) is 8.10. The maximum absolute atomic E-state index is 12.5. The van der Waals surface area contributed by atoms with Crippen molar-refractivity contribution in [2.75, 3.05) is 19.7 Å². The number of benzene rings is 1. The van der Waals surface area contributed by atoms with Gasteiger partial charge in [-0.2, -0.15) is 5.26 Å². The zero-order valence-corrected chi connectivity index (χ0v) is 14.2. The third kappa shape index (κ3) is 3.37. The summed E-state index contributed by atoms with van der Waals surface area (Å²) in [5.74, 6) is -1.94. The largest absolute Gasteiger partial charge is 0.482 e. The molecule has 2 heterocycles. The molecule has 0 bridgehead atoms. The van der Waals surface area contributed by atoms with Gasteiger partial charge in [0.15, 0.2) is 6.61 Å². The fourth-order valence-corrected chi connectivity index (χ4v) is 3.20. The minimum absolute atomic E-state index is 0.118. The van der Waals surface area contributed by atoms with E-state index in [1.807, 2.05) is 6.07 Å². The fourth-order valence-electron chi connectivity index (χ4n) is 3.20. The highest BCUT2D eigenvalue weighted by molar-refractivity contribution is 5.80. The molecule has 2 atom stereocenters. The Kier molecular flexibility index (Phi) is 4.89. The van der Waals surface area contributed by atoms with Crippen LogP contribution >= 0.6 is 0 Å². The first kappa shape index (κ1) is 17.5. The lowest BCUT2D eigenvalue weighted by Gasteiger charge is -2.17. The van der Waals surface area contributed by atoms with Crippen LogP contribution < -0.4 is 4.74 Å².